The zero-order chi connectivity index (χ0) is 11.5. The van der Waals surface area contributed by atoms with Crippen LogP contribution in [0.4, 0.5) is 0 Å². The summed E-state index contributed by atoms with van der Waals surface area (Å²) in [4.78, 5) is 7.63. The van der Waals surface area contributed by atoms with Gasteiger partial charge in [-0.2, -0.15) is 0 Å². The van der Waals surface area contributed by atoms with Gasteiger partial charge < -0.3 is 10.1 Å². The third-order valence-corrected chi connectivity index (χ3v) is 3.58. The van der Waals surface area contributed by atoms with Crippen molar-refractivity contribution >= 4 is 34.4 Å². The van der Waals surface area contributed by atoms with Gasteiger partial charge in [0.2, 0.25) is 0 Å². The van der Waals surface area contributed by atoms with Gasteiger partial charge >= 0.3 is 0 Å². The summed E-state index contributed by atoms with van der Waals surface area (Å²) in [6, 6.07) is 6.08. The van der Waals surface area contributed by atoms with Crippen LogP contribution in [0.5, 0.6) is 0 Å². The van der Waals surface area contributed by atoms with E-state index in [1.807, 2.05) is 19.1 Å². The van der Waals surface area contributed by atoms with E-state index in [9.17, 15) is 5.11 Å². The van der Waals surface area contributed by atoms with Gasteiger partial charge in [-0.25, -0.2) is 4.98 Å². The maximum Gasteiger partial charge on any atom is 0.166 e. The van der Waals surface area contributed by atoms with Crippen LogP contribution in [0.25, 0.3) is 11.0 Å². The Morgan fingerprint density at radius 3 is 3.12 bits per heavy atom. The van der Waals surface area contributed by atoms with E-state index in [-0.39, 0.29) is 5.88 Å². The fourth-order valence-corrected chi connectivity index (χ4v) is 2.44. The number of aliphatic hydroxyl groups is 1. The van der Waals surface area contributed by atoms with E-state index >= 15 is 0 Å². The molecule has 0 aliphatic heterocycles. The maximum atomic E-state index is 9.34. The zero-order valence-electron chi connectivity index (χ0n) is 8.90. The van der Waals surface area contributed by atoms with Crippen LogP contribution in [0.2, 0.25) is 0 Å². The summed E-state index contributed by atoms with van der Waals surface area (Å²) in [6.45, 7) is 2.05. The van der Waals surface area contributed by atoms with Crippen LogP contribution in [0.15, 0.2) is 23.4 Å². The first kappa shape index (κ1) is 11.8. The van der Waals surface area contributed by atoms with Crippen molar-refractivity contribution in [1.82, 2.24) is 9.97 Å². The summed E-state index contributed by atoms with van der Waals surface area (Å²) in [5.74, 6) is 0.814. The first-order valence-corrected chi connectivity index (χ1v) is 6.54. The maximum absolute atomic E-state index is 9.34. The number of hydrogen-bond acceptors (Lipinski definition) is 3. The second-order valence-corrected chi connectivity index (χ2v) is 5.00. The molecule has 0 spiro atoms. The molecule has 1 aromatic carbocycles. The van der Waals surface area contributed by atoms with Crippen LogP contribution < -0.4 is 0 Å². The number of imidazole rings is 1. The van der Waals surface area contributed by atoms with Crippen LogP contribution in [-0.2, 0) is 0 Å². The number of halogens is 1. The molecule has 0 amide bonds. The van der Waals surface area contributed by atoms with E-state index in [0.717, 1.165) is 16.2 Å². The highest BCUT2D eigenvalue weighted by atomic mass is 35.5. The van der Waals surface area contributed by atoms with Gasteiger partial charge in [0.15, 0.2) is 5.16 Å². The number of aliphatic hydroxyl groups excluding tert-OH is 1. The van der Waals surface area contributed by atoms with Gasteiger partial charge in [0.05, 0.1) is 17.1 Å². The lowest BCUT2D eigenvalue weighted by atomic mass is 10.2. The molecule has 86 valence electrons. The lowest BCUT2D eigenvalue weighted by molar-refractivity contribution is 0.223. The van der Waals surface area contributed by atoms with Crippen LogP contribution in [-0.4, -0.2) is 32.8 Å². The molecule has 2 rings (SSSR count). The minimum Gasteiger partial charge on any atom is -0.391 e. The van der Waals surface area contributed by atoms with Crippen molar-refractivity contribution in [2.45, 2.75) is 18.2 Å². The number of rotatable bonds is 4. The second-order valence-electron chi connectivity index (χ2n) is 3.68. The lowest BCUT2D eigenvalue weighted by Gasteiger charge is -2.02. The van der Waals surface area contributed by atoms with Crippen LogP contribution in [0.1, 0.15) is 5.56 Å². The molecule has 0 fully saturated rings. The molecule has 3 nitrogen and oxygen atoms in total. The highest BCUT2D eigenvalue weighted by Crippen LogP contribution is 2.20. The smallest absolute Gasteiger partial charge is 0.166 e. The molecule has 0 aliphatic rings. The molecule has 0 saturated heterocycles. The highest BCUT2D eigenvalue weighted by Gasteiger charge is 2.07. The van der Waals surface area contributed by atoms with Crippen molar-refractivity contribution in [3.63, 3.8) is 0 Å². The predicted octanol–water partition coefficient (Wildman–Crippen LogP) is 2.56. The fourth-order valence-electron chi connectivity index (χ4n) is 1.39. The Morgan fingerprint density at radius 1 is 1.56 bits per heavy atom. The average Bonchev–Trinajstić information content (AvgIpc) is 2.67. The largest absolute Gasteiger partial charge is 0.391 e. The van der Waals surface area contributed by atoms with Gasteiger partial charge in [0.25, 0.3) is 0 Å². The van der Waals surface area contributed by atoms with Gasteiger partial charge in [-0.1, -0.05) is 17.8 Å². The monoisotopic (exact) mass is 256 g/mol. The molecule has 0 saturated carbocycles. The van der Waals surface area contributed by atoms with Gasteiger partial charge in [-0.15, -0.1) is 11.6 Å². The van der Waals surface area contributed by atoms with Crippen LogP contribution in [0, 0.1) is 6.92 Å². The molecule has 1 heterocycles. The minimum absolute atomic E-state index is 0.256. The molecule has 16 heavy (non-hydrogen) atoms. The van der Waals surface area contributed by atoms with E-state index < -0.39 is 6.10 Å². The molecule has 0 radical (unpaired) electrons. The fraction of sp³-hybridized carbons (Fsp3) is 0.364. The van der Waals surface area contributed by atoms with Crippen LogP contribution >= 0.6 is 23.4 Å². The molecule has 2 N–H and O–H groups in total. The topological polar surface area (TPSA) is 48.9 Å². The first-order valence-electron chi connectivity index (χ1n) is 5.02. The minimum atomic E-state index is -0.485. The van der Waals surface area contributed by atoms with Crippen LogP contribution in [0.3, 0.4) is 0 Å². The Balaban J connectivity index is 2.13. The second kappa shape index (κ2) is 5.08. The Morgan fingerprint density at radius 2 is 2.38 bits per heavy atom. The lowest BCUT2D eigenvalue weighted by Crippen LogP contribution is -2.11. The molecule has 2 aromatic rings. The van der Waals surface area contributed by atoms with Gasteiger partial charge in [0.1, 0.15) is 0 Å². The summed E-state index contributed by atoms with van der Waals surface area (Å²) in [5, 5.41) is 10.2. The number of hydrogen-bond donors (Lipinski definition) is 2. The van der Waals surface area contributed by atoms with Crippen molar-refractivity contribution < 1.29 is 5.11 Å². The molecule has 1 aromatic heterocycles. The van der Waals surface area contributed by atoms with Crippen molar-refractivity contribution in [2.75, 3.05) is 11.6 Å². The number of aryl methyl sites for hydroxylation is 1. The Kier molecular flexibility index (Phi) is 3.74. The number of nitrogens with one attached hydrogen (secondary N) is 1. The number of benzene rings is 1. The number of H-pyrrole nitrogens is 1. The Hall–Kier alpha value is -0.710. The van der Waals surface area contributed by atoms with E-state index in [1.165, 1.54) is 17.3 Å². The highest BCUT2D eigenvalue weighted by molar-refractivity contribution is 7.99. The molecular weight excluding hydrogens is 244 g/mol. The van der Waals surface area contributed by atoms with E-state index in [2.05, 4.69) is 16.0 Å². The normalized spacial score (nSPS) is 13.2. The third-order valence-electron chi connectivity index (χ3n) is 2.21. The SMILES string of the molecule is Cc1ccc2nc(SCC(O)CCl)[nH]c2c1. The number of fused-ring (bicyclic) bond motifs is 1. The van der Waals surface area contributed by atoms with Crippen molar-refractivity contribution in [1.29, 1.82) is 0 Å². The third kappa shape index (κ3) is 2.70. The summed E-state index contributed by atoms with van der Waals surface area (Å²) in [5.41, 5.74) is 3.19. The summed E-state index contributed by atoms with van der Waals surface area (Å²) in [7, 11) is 0. The number of aromatic nitrogens is 2. The molecule has 0 bridgehead atoms. The van der Waals surface area contributed by atoms with E-state index in [0.29, 0.717) is 5.75 Å². The number of alkyl halides is 1. The van der Waals surface area contributed by atoms with E-state index in [1.54, 1.807) is 0 Å². The van der Waals surface area contributed by atoms with Gasteiger partial charge in [0, 0.05) is 11.6 Å². The average molecular weight is 257 g/mol. The van der Waals surface area contributed by atoms with Gasteiger partial charge in [-0.05, 0) is 24.6 Å². The zero-order valence-corrected chi connectivity index (χ0v) is 10.5. The molecular formula is C11H13ClN2OS. The number of aromatic amines is 1. The van der Waals surface area contributed by atoms with Crippen molar-refractivity contribution in [3.05, 3.63) is 23.8 Å². The van der Waals surface area contributed by atoms with E-state index in [4.69, 9.17) is 11.6 Å². The number of thioether (sulfide) groups is 1. The molecule has 1 atom stereocenters. The summed E-state index contributed by atoms with van der Waals surface area (Å²) in [6.07, 6.45) is -0.485. The standard InChI is InChI=1S/C11H13ClN2OS/c1-7-2-3-9-10(4-7)14-11(13-9)16-6-8(15)5-12/h2-4,8,15H,5-6H2,1H3,(H,13,14). The van der Waals surface area contributed by atoms with Gasteiger partial charge in [-0.3, -0.25) is 0 Å². The molecule has 1 unspecified atom stereocenters. The predicted molar refractivity (Wildman–Crippen MR) is 68.3 cm³/mol. The first-order chi connectivity index (χ1) is 7.69. The summed E-state index contributed by atoms with van der Waals surface area (Å²) < 4.78 is 0. The molecule has 5 heteroatoms. The quantitative estimate of drug-likeness (QED) is 0.653. The van der Waals surface area contributed by atoms with Crippen molar-refractivity contribution in [2.24, 2.45) is 0 Å². The molecule has 0 aliphatic carbocycles. The van der Waals surface area contributed by atoms with Crippen molar-refractivity contribution in [3.8, 4) is 0 Å². The Bertz CT molecular complexity index is 486. The summed E-state index contributed by atoms with van der Waals surface area (Å²) >= 11 is 7.01. The number of nitrogens with zero attached hydrogens (tertiary/aromatic N) is 1. The Labute approximate surface area is 103 Å².